The topological polar surface area (TPSA) is 75.6 Å². The maximum atomic E-state index is 10.9. The molecule has 0 fully saturated rings. The summed E-state index contributed by atoms with van der Waals surface area (Å²) in [5, 5.41) is 11.3. The number of aliphatic hydroxyl groups is 1. The van der Waals surface area contributed by atoms with E-state index in [0.29, 0.717) is 6.42 Å². The van der Waals surface area contributed by atoms with E-state index in [-0.39, 0.29) is 13.2 Å². The van der Waals surface area contributed by atoms with Crippen LogP contribution in [0.25, 0.3) is 0 Å². The van der Waals surface area contributed by atoms with E-state index in [9.17, 15) is 9.59 Å². The third-order valence-electron chi connectivity index (χ3n) is 1.43. The van der Waals surface area contributed by atoms with Gasteiger partial charge in [-0.05, 0) is 13.3 Å². The molecule has 13 heavy (non-hydrogen) atoms. The van der Waals surface area contributed by atoms with Gasteiger partial charge >= 0.3 is 11.9 Å². The fraction of sp³-hybridized carbons (Fsp3) is 0.750. The van der Waals surface area contributed by atoms with Crippen molar-refractivity contribution in [3.05, 3.63) is 0 Å². The van der Waals surface area contributed by atoms with Crippen molar-refractivity contribution in [2.45, 2.75) is 26.4 Å². The van der Waals surface area contributed by atoms with Crippen LogP contribution < -0.4 is 5.32 Å². The number of hydrogen-bond donors (Lipinski definition) is 2. The fourth-order valence-electron chi connectivity index (χ4n) is 0.624. The number of carbonyl (C=O) groups excluding carboxylic acids is 2. The maximum absolute atomic E-state index is 10.9. The number of rotatable bonds is 4. The first-order valence-corrected chi connectivity index (χ1v) is 4.24. The quantitative estimate of drug-likeness (QED) is 0.459. The van der Waals surface area contributed by atoms with Crippen LogP contribution in [0.5, 0.6) is 0 Å². The van der Waals surface area contributed by atoms with Crippen LogP contribution >= 0.6 is 0 Å². The molecular weight excluding hydrogens is 174 g/mol. The summed E-state index contributed by atoms with van der Waals surface area (Å²) in [6, 6.07) is 0. The molecule has 1 atom stereocenters. The molecule has 0 rings (SSSR count). The number of amides is 1. The van der Waals surface area contributed by atoms with Gasteiger partial charge in [-0.25, -0.2) is 4.79 Å². The van der Waals surface area contributed by atoms with Crippen molar-refractivity contribution < 1.29 is 19.4 Å². The monoisotopic (exact) mass is 189 g/mol. The predicted octanol–water partition coefficient (Wildman–Crippen LogP) is -0.563. The van der Waals surface area contributed by atoms with Crippen molar-refractivity contribution in [2.75, 3.05) is 13.2 Å². The highest BCUT2D eigenvalue weighted by Gasteiger charge is 2.14. The van der Waals surface area contributed by atoms with E-state index >= 15 is 0 Å². The van der Waals surface area contributed by atoms with E-state index in [2.05, 4.69) is 10.1 Å². The summed E-state index contributed by atoms with van der Waals surface area (Å²) < 4.78 is 4.44. The van der Waals surface area contributed by atoms with Gasteiger partial charge < -0.3 is 15.2 Å². The minimum Gasteiger partial charge on any atom is -0.459 e. The lowest BCUT2D eigenvalue weighted by Gasteiger charge is -2.08. The molecule has 5 heteroatoms. The molecule has 0 aliphatic rings. The number of esters is 1. The average molecular weight is 189 g/mol. The summed E-state index contributed by atoms with van der Waals surface area (Å²) >= 11 is 0. The van der Waals surface area contributed by atoms with Crippen LogP contribution in [0.4, 0.5) is 0 Å². The van der Waals surface area contributed by atoms with Crippen LogP contribution in [-0.2, 0) is 14.3 Å². The standard InChI is InChI=1S/C8H15NO4/c1-3-6(10)5-9-7(11)8(12)13-4-2/h6,10H,3-5H2,1-2H3,(H,9,11). The Balaban J connectivity index is 3.68. The van der Waals surface area contributed by atoms with Crippen LogP contribution in [0.3, 0.4) is 0 Å². The van der Waals surface area contributed by atoms with Gasteiger partial charge in [0.2, 0.25) is 0 Å². The maximum Gasteiger partial charge on any atom is 0.396 e. The van der Waals surface area contributed by atoms with Gasteiger partial charge in [-0.15, -0.1) is 0 Å². The van der Waals surface area contributed by atoms with E-state index < -0.39 is 18.0 Å². The number of hydrogen-bond acceptors (Lipinski definition) is 4. The Bertz CT molecular complexity index is 181. The molecule has 0 aromatic carbocycles. The summed E-state index contributed by atoms with van der Waals surface area (Å²) in [5.74, 6) is -1.72. The summed E-state index contributed by atoms with van der Waals surface area (Å²) in [6.45, 7) is 3.64. The number of carbonyl (C=O) groups is 2. The third-order valence-corrected chi connectivity index (χ3v) is 1.43. The van der Waals surface area contributed by atoms with Gasteiger partial charge in [0.25, 0.3) is 0 Å². The van der Waals surface area contributed by atoms with E-state index in [1.807, 2.05) is 0 Å². The lowest BCUT2D eigenvalue weighted by atomic mass is 10.3. The molecule has 0 aromatic rings. The zero-order chi connectivity index (χ0) is 10.3. The first-order valence-electron chi connectivity index (χ1n) is 4.24. The smallest absolute Gasteiger partial charge is 0.396 e. The van der Waals surface area contributed by atoms with Gasteiger partial charge in [-0.1, -0.05) is 6.92 Å². The average Bonchev–Trinajstić information content (AvgIpc) is 2.13. The number of ether oxygens (including phenoxy) is 1. The molecule has 1 unspecified atom stereocenters. The molecule has 0 radical (unpaired) electrons. The highest BCUT2D eigenvalue weighted by Crippen LogP contribution is 1.86. The lowest BCUT2D eigenvalue weighted by molar-refractivity contribution is -0.154. The molecule has 0 bridgehead atoms. The number of aliphatic hydroxyl groups excluding tert-OH is 1. The third kappa shape index (κ3) is 5.19. The largest absolute Gasteiger partial charge is 0.459 e. The Morgan fingerprint density at radius 3 is 2.54 bits per heavy atom. The lowest BCUT2D eigenvalue weighted by Crippen LogP contribution is -2.37. The minimum absolute atomic E-state index is 0.0775. The zero-order valence-corrected chi connectivity index (χ0v) is 7.87. The van der Waals surface area contributed by atoms with Gasteiger partial charge in [0, 0.05) is 6.54 Å². The highest BCUT2D eigenvalue weighted by molar-refractivity contribution is 6.32. The van der Waals surface area contributed by atoms with Crippen LogP contribution in [0.2, 0.25) is 0 Å². The summed E-state index contributed by atoms with van der Waals surface area (Å²) in [6.07, 6.45) is -0.0818. The van der Waals surface area contributed by atoms with E-state index in [0.717, 1.165) is 0 Å². The van der Waals surface area contributed by atoms with Crippen LogP contribution in [0.15, 0.2) is 0 Å². The Kier molecular flexibility index (Phi) is 5.88. The van der Waals surface area contributed by atoms with Crippen molar-refractivity contribution in [1.82, 2.24) is 5.32 Å². The molecule has 1 amide bonds. The molecule has 0 saturated carbocycles. The number of nitrogens with one attached hydrogen (secondary N) is 1. The highest BCUT2D eigenvalue weighted by atomic mass is 16.5. The van der Waals surface area contributed by atoms with Crippen molar-refractivity contribution in [1.29, 1.82) is 0 Å². The zero-order valence-electron chi connectivity index (χ0n) is 7.87. The molecule has 0 aliphatic carbocycles. The Labute approximate surface area is 77.1 Å². The van der Waals surface area contributed by atoms with Crippen LogP contribution in [0.1, 0.15) is 20.3 Å². The van der Waals surface area contributed by atoms with Crippen molar-refractivity contribution in [2.24, 2.45) is 0 Å². The van der Waals surface area contributed by atoms with E-state index in [4.69, 9.17) is 5.11 Å². The molecule has 2 N–H and O–H groups in total. The van der Waals surface area contributed by atoms with Gasteiger partial charge in [0.1, 0.15) is 0 Å². The molecule has 76 valence electrons. The van der Waals surface area contributed by atoms with Gasteiger partial charge in [-0.2, -0.15) is 0 Å². The minimum atomic E-state index is -0.911. The molecule has 0 spiro atoms. The molecule has 0 saturated heterocycles. The normalized spacial score (nSPS) is 11.9. The van der Waals surface area contributed by atoms with Crippen molar-refractivity contribution in [3.63, 3.8) is 0 Å². The van der Waals surface area contributed by atoms with Crippen LogP contribution in [-0.4, -0.2) is 36.2 Å². The molecule has 0 heterocycles. The van der Waals surface area contributed by atoms with Gasteiger partial charge in [0.15, 0.2) is 0 Å². The first kappa shape index (κ1) is 11.9. The molecule has 0 aliphatic heterocycles. The van der Waals surface area contributed by atoms with E-state index in [1.54, 1.807) is 13.8 Å². The Hall–Kier alpha value is -1.10. The Morgan fingerprint density at radius 1 is 1.46 bits per heavy atom. The summed E-state index contributed by atoms with van der Waals surface area (Å²) in [7, 11) is 0. The predicted molar refractivity (Wildman–Crippen MR) is 45.9 cm³/mol. The molecular formula is C8H15NO4. The summed E-state index contributed by atoms with van der Waals surface area (Å²) in [5.41, 5.74) is 0. The van der Waals surface area contributed by atoms with Gasteiger partial charge in [0.05, 0.1) is 12.7 Å². The molecule has 0 aromatic heterocycles. The summed E-state index contributed by atoms with van der Waals surface area (Å²) in [4.78, 5) is 21.6. The first-order chi connectivity index (χ1) is 6.11. The SMILES string of the molecule is CCOC(=O)C(=O)NCC(O)CC. The van der Waals surface area contributed by atoms with Gasteiger partial charge in [-0.3, -0.25) is 4.79 Å². The van der Waals surface area contributed by atoms with Crippen molar-refractivity contribution >= 4 is 11.9 Å². The molecule has 5 nitrogen and oxygen atoms in total. The van der Waals surface area contributed by atoms with Crippen LogP contribution in [0, 0.1) is 0 Å². The Morgan fingerprint density at radius 2 is 2.08 bits per heavy atom. The second-order valence-corrected chi connectivity index (χ2v) is 2.49. The van der Waals surface area contributed by atoms with E-state index in [1.165, 1.54) is 0 Å². The second kappa shape index (κ2) is 6.42. The van der Waals surface area contributed by atoms with Crippen molar-refractivity contribution in [3.8, 4) is 0 Å². The second-order valence-electron chi connectivity index (χ2n) is 2.49. The fourth-order valence-corrected chi connectivity index (χ4v) is 0.624.